The number of aliphatic carboxylic acids is 1. The fourth-order valence-corrected chi connectivity index (χ4v) is 1.20. The van der Waals surface area contributed by atoms with Crippen LogP contribution >= 0.6 is 0 Å². The quantitative estimate of drug-likeness (QED) is 0.453. The number of hydrogen-bond acceptors (Lipinski definition) is 4. The number of nitrogens with zero attached hydrogens (tertiary/aromatic N) is 1. The molecule has 3 amide bonds. The zero-order valence-corrected chi connectivity index (χ0v) is 10.4. The summed E-state index contributed by atoms with van der Waals surface area (Å²) in [5.41, 5.74) is 5.01. The first kappa shape index (κ1) is 16.2. The standard InChI is InChI=1S/C10H19N3O5/c1-6(2)13(5-8(11)15)10(18)12-4-3-7(14)9(16)17/h6-7,14H,3-5H2,1-2H3,(H2,11,15)(H,12,18)(H,16,17)/t7-/m0/s1. The van der Waals surface area contributed by atoms with Gasteiger partial charge in [0.05, 0.1) is 0 Å². The summed E-state index contributed by atoms with van der Waals surface area (Å²) in [6, 6.07) is -0.747. The maximum Gasteiger partial charge on any atom is 0.332 e. The van der Waals surface area contributed by atoms with Crippen molar-refractivity contribution >= 4 is 17.9 Å². The third-order valence-corrected chi connectivity index (χ3v) is 2.19. The van der Waals surface area contributed by atoms with E-state index in [0.29, 0.717) is 0 Å². The molecule has 1 atom stereocenters. The van der Waals surface area contributed by atoms with Crippen molar-refractivity contribution < 1.29 is 24.6 Å². The molecule has 0 radical (unpaired) electrons. The van der Waals surface area contributed by atoms with Crippen molar-refractivity contribution in [2.75, 3.05) is 13.1 Å². The number of hydrogen-bond donors (Lipinski definition) is 4. The van der Waals surface area contributed by atoms with Gasteiger partial charge in [0.25, 0.3) is 0 Å². The van der Waals surface area contributed by atoms with E-state index < -0.39 is 24.0 Å². The van der Waals surface area contributed by atoms with Gasteiger partial charge in [0.2, 0.25) is 5.91 Å². The van der Waals surface area contributed by atoms with Gasteiger partial charge in [0, 0.05) is 19.0 Å². The molecule has 18 heavy (non-hydrogen) atoms. The molecule has 0 heterocycles. The fraction of sp³-hybridized carbons (Fsp3) is 0.700. The molecule has 0 spiro atoms. The number of aliphatic hydroxyl groups excluding tert-OH is 1. The summed E-state index contributed by atoms with van der Waals surface area (Å²) in [6.07, 6.45) is -1.63. The molecular weight excluding hydrogens is 242 g/mol. The van der Waals surface area contributed by atoms with Crippen LogP contribution in [0, 0.1) is 0 Å². The van der Waals surface area contributed by atoms with Crippen LogP contribution in [0.5, 0.6) is 0 Å². The Hall–Kier alpha value is -1.83. The maximum absolute atomic E-state index is 11.6. The Balaban J connectivity index is 4.19. The molecule has 0 aliphatic heterocycles. The zero-order chi connectivity index (χ0) is 14.3. The Labute approximate surface area is 105 Å². The number of rotatable bonds is 7. The molecule has 0 unspecified atom stereocenters. The van der Waals surface area contributed by atoms with Crippen molar-refractivity contribution in [1.29, 1.82) is 0 Å². The largest absolute Gasteiger partial charge is 0.479 e. The number of urea groups is 1. The molecule has 8 heteroatoms. The summed E-state index contributed by atoms with van der Waals surface area (Å²) in [4.78, 5) is 34.0. The van der Waals surface area contributed by atoms with Crippen LogP contribution in [-0.4, -0.2) is 58.3 Å². The molecule has 0 bridgehead atoms. The van der Waals surface area contributed by atoms with Crippen molar-refractivity contribution in [3.8, 4) is 0 Å². The van der Waals surface area contributed by atoms with Crippen LogP contribution in [0.2, 0.25) is 0 Å². The first-order chi connectivity index (χ1) is 8.25. The van der Waals surface area contributed by atoms with Gasteiger partial charge < -0.3 is 26.2 Å². The van der Waals surface area contributed by atoms with Gasteiger partial charge in [0.15, 0.2) is 6.10 Å². The number of primary amides is 1. The van der Waals surface area contributed by atoms with Gasteiger partial charge in [-0.2, -0.15) is 0 Å². The molecule has 0 aliphatic rings. The Morgan fingerprint density at radius 3 is 2.28 bits per heavy atom. The van der Waals surface area contributed by atoms with Gasteiger partial charge in [-0.25, -0.2) is 9.59 Å². The number of nitrogens with one attached hydrogen (secondary N) is 1. The average molecular weight is 261 g/mol. The van der Waals surface area contributed by atoms with Gasteiger partial charge in [-0.05, 0) is 13.8 Å². The van der Waals surface area contributed by atoms with E-state index in [1.165, 1.54) is 4.90 Å². The van der Waals surface area contributed by atoms with Gasteiger partial charge in [0.1, 0.15) is 6.54 Å². The third-order valence-electron chi connectivity index (χ3n) is 2.19. The second kappa shape index (κ2) is 7.49. The number of nitrogens with two attached hydrogens (primary N) is 1. The summed E-state index contributed by atoms with van der Waals surface area (Å²) in [6.45, 7) is 3.21. The second-order valence-corrected chi connectivity index (χ2v) is 4.06. The molecule has 0 aliphatic carbocycles. The fourth-order valence-electron chi connectivity index (χ4n) is 1.20. The van der Waals surface area contributed by atoms with E-state index in [-0.39, 0.29) is 25.6 Å². The molecule has 0 aromatic carbocycles. The molecule has 8 nitrogen and oxygen atoms in total. The molecular formula is C10H19N3O5. The van der Waals surface area contributed by atoms with Crippen LogP contribution in [0.15, 0.2) is 0 Å². The Kier molecular flexibility index (Phi) is 6.73. The van der Waals surface area contributed by atoms with Crippen molar-refractivity contribution in [3.63, 3.8) is 0 Å². The lowest BCUT2D eigenvalue weighted by molar-refractivity contribution is -0.146. The van der Waals surface area contributed by atoms with Crippen molar-refractivity contribution in [2.24, 2.45) is 5.73 Å². The van der Waals surface area contributed by atoms with Gasteiger partial charge >= 0.3 is 12.0 Å². The van der Waals surface area contributed by atoms with E-state index in [0.717, 1.165) is 0 Å². The molecule has 0 fully saturated rings. The monoisotopic (exact) mass is 261 g/mol. The highest BCUT2D eigenvalue weighted by Crippen LogP contribution is 1.98. The second-order valence-electron chi connectivity index (χ2n) is 4.06. The van der Waals surface area contributed by atoms with Crippen molar-refractivity contribution in [1.82, 2.24) is 10.2 Å². The van der Waals surface area contributed by atoms with Crippen LogP contribution in [0.1, 0.15) is 20.3 Å². The van der Waals surface area contributed by atoms with E-state index in [9.17, 15) is 14.4 Å². The molecule has 0 aromatic heterocycles. The first-order valence-corrected chi connectivity index (χ1v) is 5.49. The van der Waals surface area contributed by atoms with Gasteiger partial charge in [-0.1, -0.05) is 0 Å². The predicted molar refractivity (Wildman–Crippen MR) is 62.7 cm³/mol. The highest BCUT2D eigenvalue weighted by Gasteiger charge is 2.19. The summed E-state index contributed by atoms with van der Waals surface area (Å²) in [5, 5.41) is 19.8. The van der Waals surface area contributed by atoms with Crippen molar-refractivity contribution in [3.05, 3.63) is 0 Å². The smallest absolute Gasteiger partial charge is 0.332 e. The minimum atomic E-state index is -1.52. The molecule has 0 saturated heterocycles. The SMILES string of the molecule is CC(C)N(CC(N)=O)C(=O)NCC[C@H](O)C(=O)O. The molecule has 5 N–H and O–H groups in total. The van der Waals surface area contributed by atoms with Crippen molar-refractivity contribution in [2.45, 2.75) is 32.4 Å². The minimum absolute atomic E-state index is 0.00567. The average Bonchev–Trinajstić information content (AvgIpc) is 2.24. The lowest BCUT2D eigenvalue weighted by Crippen LogP contribution is -2.48. The van der Waals surface area contributed by atoms with Gasteiger partial charge in [-0.15, -0.1) is 0 Å². The lowest BCUT2D eigenvalue weighted by atomic mass is 10.2. The topological polar surface area (TPSA) is 133 Å². The van der Waals surface area contributed by atoms with Crippen LogP contribution in [-0.2, 0) is 9.59 Å². The van der Waals surface area contributed by atoms with E-state index >= 15 is 0 Å². The molecule has 0 aromatic rings. The predicted octanol–water partition coefficient (Wildman–Crippen LogP) is -1.27. The lowest BCUT2D eigenvalue weighted by Gasteiger charge is -2.25. The number of aliphatic hydroxyl groups is 1. The van der Waals surface area contributed by atoms with Gasteiger partial charge in [-0.3, -0.25) is 4.79 Å². The van der Waals surface area contributed by atoms with E-state index in [2.05, 4.69) is 5.32 Å². The van der Waals surface area contributed by atoms with E-state index in [4.69, 9.17) is 15.9 Å². The van der Waals surface area contributed by atoms with Crippen LogP contribution < -0.4 is 11.1 Å². The van der Waals surface area contributed by atoms with Crippen LogP contribution in [0.4, 0.5) is 4.79 Å². The number of carbonyl (C=O) groups is 3. The zero-order valence-electron chi connectivity index (χ0n) is 10.4. The highest BCUT2D eigenvalue weighted by molar-refractivity contribution is 5.83. The first-order valence-electron chi connectivity index (χ1n) is 5.49. The van der Waals surface area contributed by atoms with E-state index in [1.54, 1.807) is 13.8 Å². The summed E-state index contributed by atoms with van der Waals surface area (Å²) >= 11 is 0. The normalized spacial score (nSPS) is 12.0. The summed E-state index contributed by atoms with van der Waals surface area (Å²) in [5.74, 6) is -1.98. The number of carboxylic acids is 1. The highest BCUT2D eigenvalue weighted by atomic mass is 16.4. The maximum atomic E-state index is 11.6. The molecule has 0 rings (SSSR count). The summed E-state index contributed by atoms with van der Waals surface area (Å²) in [7, 11) is 0. The van der Waals surface area contributed by atoms with Crippen LogP contribution in [0.3, 0.4) is 0 Å². The molecule has 0 saturated carbocycles. The Morgan fingerprint density at radius 1 is 1.33 bits per heavy atom. The Bertz CT molecular complexity index is 319. The minimum Gasteiger partial charge on any atom is -0.479 e. The van der Waals surface area contributed by atoms with E-state index in [1.807, 2.05) is 0 Å². The number of amides is 3. The third kappa shape index (κ3) is 6.04. The molecule has 104 valence electrons. The summed E-state index contributed by atoms with van der Waals surface area (Å²) < 4.78 is 0. The number of carboxylic acid groups (broad SMARTS) is 1. The number of carbonyl (C=O) groups excluding carboxylic acids is 2. The Morgan fingerprint density at radius 2 is 1.89 bits per heavy atom. The van der Waals surface area contributed by atoms with Crippen LogP contribution in [0.25, 0.3) is 0 Å².